The van der Waals surface area contributed by atoms with Crippen LogP contribution in [0, 0.1) is 11.8 Å². The highest BCUT2D eigenvalue weighted by Crippen LogP contribution is 2.20. The number of carbonyl (C=O) groups excluding carboxylic acids is 1. The molecule has 0 saturated carbocycles. The van der Waals surface area contributed by atoms with Crippen molar-refractivity contribution in [1.82, 2.24) is 10.2 Å². The maximum atomic E-state index is 11.9. The Bertz CT molecular complexity index is 637. The molecule has 1 amide bonds. The summed E-state index contributed by atoms with van der Waals surface area (Å²) in [5.74, 6) is 5.08. The Morgan fingerprint density at radius 3 is 2.95 bits per heavy atom. The molecule has 0 unspecified atom stereocenters. The van der Waals surface area contributed by atoms with Crippen LogP contribution in [0.5, 0.6) is 0 Å². The topological polar surface area (TPSA) is 75.1 Å². The second kappa shape index (κ2) is 6.43. The van der Waals surface area contributed by atoms with E-state index < -0.39 is 0 Å². The minimum atomic E-state index is -0.221. The Balaban J connectivity index is 2.05. The summed E-state index contributed by atoms with van der Waals surface area (Å²) in [6.07, 6.45) is 0.799. The molecule has 5 nitrogen and oxygen atoms in total. The van der Waals surface area contributed by atoms with Crippen LogP contribution in [-0.2, 0) is 6.42 Å². The van der Waals surface area contributed by atoms with Gasteiger partial charge in [0.05, 0.1) is 9.75 Å². The van der Waals surface area contributed by atoms with E-state index in [9.17, 15) is 4.79 Å². The summed E-state index contributed by atoms with van der Waals surface area (Å²) < 4.78 is 0. The molecule has 0 atom stereocenters. The SMILES string of the molecule is CCc1nnc(NC(=O)c2ccc(C#CCO)s2)s1. The second-order valence-electron chi connectivity index (χ2n) is 3.43. The number of nitrogens with zero attached hydrogens (tertiary/aromatic N) is 2. The van der Waals surface area contributed by atoms with Crippen molar-refractivity contribution in [3.05, 3.63) is 26.9 Å². The molecule has 2 aromatic rings. The number of nitrogens with one attached hydrogen (secondary N) is 1. The Labute approximate surface area is 118 Å². The number of carbonyl (C=O) groups is 1. The van der Waals surface area contributed by atoms with Crippen molar-refractivity contribution in [2.75, 3.05) is 11.9 Å². The lowest BCUT2D eigenvalue weighted by Gasteiger charge is -1.96. The molecule has 0 spiro atoms. The fraction of sp³-hybridized carbons (Fsp3) is 0.250. The van der Waals surface area contributed by atoms with E-state index in [2.05, 4.69) is 27.4 Å². The van der Waals surface area contributed by atoms with Crippen LogP contribution in [0.1, 0.15) is 26.5 Å². The lowest BCUT2D eigenvalue weighted by molar-refractivity contribution is 0.103. The molecular formula is C12H11N3O2S2. The first kappa shape index (κ1) is 13.7. The van der Waals surface area contributed by atoms with Gasteiger partial charge >= 0.3 is 0 Å². The summed E-state index contributed by atoms with van der Waals surface area (Å²) in [4.78, 5) is 13.2. The van der Waals surface area contributed by atoms with Crippen LogP contribution in [0.15, 0.2) is 12.1 Å². The number of aromatic nitrogens is 2. The Morgan fingerprint density at radius 2 is 2.26 bits per heavy atom. The zero-order valence-electron chi connectivity index (χ0n) is 10.1. The Kier molecular flexibility index (Phi) is 4.63. The van der Waals surface area contributed by atoms with Gasteiger partial charge in [0.2, 0.25) is 5.13 Å². The molecule has 2 N–H and O–H groups in total. The second-order valence-corrected chi connectivity index (χ2v) is 5.58. The van der Waals surface area contributed by atoms with Crippen molar-refractivity contribution in [3.8, 4) is 11.8 Å². The number of anilines is 1. The molecule has 0 aliphatic heterocycles. The fourth-order valence-corrected chi connectivity index (χ4v) is 2.71. The van der Waals surface area contributed by atoms with Gasteiger partial charge in [0.15, 0.2) is 0 Å². The van der Waals surface area contributed by atoms with Crippen LogP contribution in [0.4, 0.5) is 5.13 Å². The first-order valence-corrected chi connectivity index (χ1v) is 7.19. The maximum absolute atomic E-state index is 11.9. The predicted octanol–water partition coefficient (Wildman–Crippen LogP) is 1.76. The van der Waals surface area contributed by atoms with E-state index in [1.807, 2.05) is 6.92 Å². The van der Waals surface area contributed by atoms with E-state index in [1.165, 1.54) is 22.7 Å². The van der Waals surface area contributed by atoms with E-state index >= 15 is 0 Å². The van der Waals surface area contributed by atoms with Gasteiger partial charge in [0, 0.05) is 0 Å². The smallest absolute Gasteiger partial charge is 0.267 e. The van der Waals surface area contributed by atoms with Crippen LogP contribution >= 0.6 is 22.7 Å². The number of aryl methyl sites for hydroxylation is 1. The van der Waals surface area contributed by atoms with E-state index in [0.717, 1.165) is 16.3 Å². The van der Waals surface area contributed by atoms with Crippen molar-refractivity contribution in [3.63, 3.8) is 0 Å². The van der Waals surface area contributed by atoms with Gasteiger partial charge in [-0.25, -0.2) is 0 Å². The Hall–Kier alpha value is -1.75. The van der Waals surface area contributed by atoms with Crippen LogP contribution in [-0.4, -0.2) is 27.8 Å². The van der Waals surface area contributed by atoms with Crippen molar-refractivity contribution in [1.29, 1.82) is 0 Å². The lowest BCUT2D eigenvalue weighted by Crippen LogP contribution is -2.09. The van der Waals surface area contributed by atoms with E-state index in [4.69, 9.17) is 5.11 Å². The molecule has 2 aromatic heterocycles. The number of thiophene rings is 1. The normalized spacial score (nSPS) is 9.79. The van der Waals surface area contributed by atoms with Crippen molar-refractivity contribution in [2.24, 2.45) is 0 Å². The summed E-state index contributed by atoms with van der Waals surface area (Å²) in [7, 11) is 0. The quantitative estimate of drug-likeness (QED) is 0.846. The predicted molar refractivity (Wildman–Crippen MR) is 75.5 cm³/mol. The molecule has 0 aromatic carbocycles. The molecule has 0 bridgehead atoms. The number of rotatable bonds is 3. The van der Waals surface area contributed by atoms with Crippen molar-refractivity contribution in [2.45, 2.75) is 13.3 Å². The number of hydrogen-bond acceptors (Lipinski definition) is 6. The average Bonchev–Trinajstić information content (AvgIpc) is 3.04. The van der Waals surface area contributed by atoms with Crippen LogP contribution in [0.3, 0.4) is 0 Å². The summed E-state index contributed by atoms with van der Waals surface area (Å²) in [6.45, 7) is 1.79. The van der Waals surface area contributed by atoms with Crippen molar-refractivity contribution >= 4 is 33.7 Å². The highest BCUT2D eigenvalue weighted by molar-refractivity contribution is 7.16. The number of aliphatic hydroxyl groups excluding tert-OH is 1. The fourth-order valence-electron chi connectivity index (χ4n) is 1.26. The van der Waals surface area contributed by atoms with E-state index in [-0.39, 0.29) is 12.5 Å². The molecule has 0 aliphatic carbocycles. The van der Waals surface area contributed by atoms with Crippen LogP contribution < -0.4 is 5.32 Å². The summed E-state index contributed by atoms with van der Waals surface area (Å²) >= 11 is 2.64. The molecular weight excluding hydrogens is 282 g/mol. The highest BCUT2D eigenvalue weighted by Gasteiger charge is 2.11. The van der Waals surface area contributed by atoms with E-state index in [1.54, 1.807) is 12.1 Å². The maximum Gasteiger partial charge on any atom is 0.267 e. The molecule has 2 heterocycles. The largest absolute Gasteiger partial charge is 0.384 e. The standard InChI is InChI=1S/C12H11N3O2S2/c1-2-10-14-15-12(19-10)13-11(17)9-6-5-8(18-9)4-3-7-16/h5-6,16H,2,7H2,1H3,(H,13,15,17). The monoisotopic (exact) mass is 293 g/mol. The average molecular weight is 293 g/mol. The van der Waals surface area contributed by atoms with Crippen molar-refractivity contribution < 1.29 is 9.90 Å². The molecule has 0 saturated heterocycles. The molecule has 0 aliphatic rings. The van der Waals surface area contributed by atoms with Gasteiger partial charge in [-0.2, -0.15) is 0 Å². The van der Waals surface area contributed by atoms with Gasteiger partial charge in [0.25, 0.3) is 5.91 Å². The summed E-state index contributed by atoms with van der Waals surface area (Å²) in [6, 6.07) is 3.45. The van der Waals surface area contributed by atoms with Crippen LogP contribution in [0.25, 0.3) is 0 Å². The van der Waals surface area contributed by atoms with Gasteiger partial charge in [-0.15, -0.1) is 21.5 Å². The highest BCUT2D eigenvalue weighted by atomic mass is 32.1. The number of amides is 1. The van der Waals surface area contributed by atoms with E-state index in [0.29, 0.717) is 10.0 Å². The number of hydrogen-bond donors (Lipinski definition) is 2. The molecule has 2 rings (SSSR count). The molecule has 7 heteroatoms. The first-order valence-electron chi connectivity index (χ1n) is 5.56. The molecule has 0 radical (unpaired) electrons. The Morgan fingerprint density at radius 1 is 1.42 bits per heavy atom. The minimum Gasteiger partial charge on any atom is -0.384 e. The zero-order valence-corrected chi connectivity index (χ0v) is 11.8. The molecule has 19 heavy (non-hydrogen) atoms. The minimum absolute atomic E-state index is 0.190. The summed E-state index contributed by atoms with van der Waals surface area (Å²) in [5, 5.41) is 20.5. The van der Waals surface area contributed by atoms with Gasteiger partial charge in [-0.3, -0.25) is 10.1 Å². The lowest BCUT2D eigenvalue weighted by atomic mass is 10.4. The van der Waals surface area contributed by atoms with Gasteiger partial charge in [-0.05, 0) is 18.6 Å². The van der Waals surface area contributed by atoms with Crippen LogP contribution in [0.2, 0.25) is 0 Å². The molecule has 0 fully saturated rings. The summed E-state index contributed by atoms with van der Waals surface area (Å²) in [5.41, 5.74) is 0. The first-order chi connectivity index (χ1) is 9.22. The van der Waals surface area contributed by atoms with Gasteiger partial charge in [-0.1, -0.05) is 30.1 Å². The zero-order chi connectivity index (χ0) is 13.7. The molecule has 98 valence electrons. The van der Waals surface area contributed by atoms with Gasteiger partial charge < -0.3 is 5.11 Å². The number of aliphatic hydroxyl groups is 1. The third-order valence-corrected chi connectivity index (χ3v) is 4.09. The third-order valence-electron chi connectivity index (χ3n) is 2.11. The van der Waals surface area contributed by atoms with Gasteiger partial charge in [0.1, 0.15) is 11.6 Å². The third kappa shape index (κ3) is 3.61.